The summed E-state index contributed by atoms with van der Waals surface area (Å²) in [6, 6.07) is 5.42. The van der Waals surface area contributed by atoms with Crippen LogP contribution in [-0.4, -0.2) is 41.3 Å². The van der Waals surface area contributed by atoms with Gasteiger partial charge in [-0.25, -0.2) is 0 Å². The van der Waals surface area contributed by atoms with Gasteiger partial charge in [-0.3, -0.25) is 14.4 Å². The molecule has 29 heavy (non-hydrogen) atoms. The van der Waals surface area contributed by atoms with Gasteiger partial charge in [-0.15, -0.1) is 0 Å². The van der Waals surface area contributed by atoms with Crippen molar-refractivity contribution >= 4 is 29.0 Å². The number of carbonyl (C=O) groups is 3. The highest BCUT2D eigenvalue weighted by molar-refractivity contribution is 7.08. The minimum absolute atomic E-state index is 0.0456. The minimum Gasteiger partial charge on any atom is -0.485 e. The summed E-state index contributed by atoms with van der Waals surface area (Å²) < 4.78 is 12.1. The van der Waals surface area contributed by atoms with Gasteiger partial charge < -0.3 is 14.4 Å². The van der Waals surface area contributed by atoms with E-state index in [9.17, 15) is 14.4 Å². The van der Waals surface area contributed by atoms with E-state index >= 15 is 0 Å². The molecule has 1 spiro atoms. The second-order valence-corrected chi connectivity index (χ2v) is 8.81. The first-order chi connectivity index (χ1) is 14.0. The number of hydrogen-bond acceptors (Lipinski definition) is 6. The van der Waals surface area contributed by atoms with E-state index in [-0.39, 0.29) is 30.0 Å². The molecule has 2 aromatic rings. The van der Waals surface area contributed by atoms with E-state index in [1.807, 2.05) is 16.8 Å². The number of thiophene rings is 1. The molecule has 1 aromatic heterocycles. The van der Waals surface area contributed by atoms with Gasteiger partial charge in [0.25, 0.3) is 0 Å². The Bertz CT molecular complexity index is 1000. The van der Waals surface area contributed by atoms with Crippen molar-refractivity contribution < 1.29 is 23.9 Å². The van der Waals surface area contributed by atoms with Gasteiger partial charge in [0, 0.05) is 44.3 Å². The molecule has 150 valence electrons. The number of rotatable bonds is 1. The Hall–Kier alpha value is -2.67. The standard InChI is InChI=1S/C22H21NO5S/c1-13(24)23-7-5-22(6-8-23)11-17(25)15-2-3-18-20(21(15)28-22)16(10-19(26)27-18)14-4-9-29-12-14/h2-4,9,12,16H,5-8,10-11H2,1H3/t16-/m1/s1. The van der Waals surface area contributed by atoms with Crippen LogP contribution in [0.3, 0.4) is 0 Å². The summed E-state index contributed by atoms with van der Waals surface area (Å²) in [6.07, 6.45) is 1.77. The van der Waals surface area contributed by atoms with Gasteiger partial charge in [0.2, 0.25) is 5.91 Å². The van der Waals surface area contributed by atoms with E-state index in [2.05, 4.69) is 0 Å². The van der Waals surface area contributed by atoms with E-state index in [1.165, 1.54) is 0 Å². The van der Waals surface area contributed by atoms with Crippen LogP contribution >= 0.6 is 11.3 Å². The summed E-state index contributed by atoms with van der Waals surface area (Å²) in [4.78, 5) is 38.7. The van der Waals surface area contributed by atoms with Crippen LogP contribution in [0.25, 0.3) is 0 Å². The van der Waals surface area contributed by atoms with Crippen molar-refractivity contribution in [3.8, 4) is 11.5 Å². The van der Waals surface area contributed by atoms with E-state index in [0.29, 0.717) is 49.4 Å². The SMILES string of the molecule is CC(=O)N1CCC2(CC1)CC(=O)c1ccc3c(c1O2)[C@@H](c1ccsc1)CC(=O)O3. The average molecular weight is 411 g/mol. The predicted molar refractivity (Wildman–Crippen MR) is 107 cm³/mol. The quantitative estimate of drug-likeness (QED) is 0.530. The molecule has 1 fully saturated rings. The fourth-order valence-electron chi connectivity index (χ4n) is 4.67. The molecule has 0 unspecified atom stereocenters. The Balaban J connectivity index is 1.57. The summed E-state index contributed by atoms with van der Waals surface area (Å²) in [5.74, 6) is 0.657. The van der Waals surface area contributed by atoms with Crippen LogP contribution < -0.4 is 9.47 Å². The summed E-state index contributed by atoms with van der Waals surface area (Å²) in [7, 11) is 0. The second kappa shape index (κ2) is 6.69. The maximum atomic E-state index is 13.1. The van der Waals surface area contributed by atoms with Crippen LogP contribution in [0.4, 0.5) is 0 Å². The molecule has 0 bridgehead atoms. The highest BCUT2D eigenvalue weighted by Crippen LogP contribution is 2.50. The number of esters is 1. The molecular formula is C22H21NO5S. The Labute approximate surface area is 172 Å². The van der Waals surface area contributed by atoms with Gasteiger partial charge in [-0.1, -0.05) is 0 Å². The number of ketones is 1. The van der Waals surface area contributed by atoms with Crippen molar-refractivity contribution in [1.29, 1.82) is 0 Å². The van der Waals surface area contributed by atoms with Crippen LogP contribution in [0.2, 0.25) is 0 Å². The van der Waals surface area contributed by atoms with E-state index in [0.717, 1.165) is 11.1 Å². The molecule has 1 saturated heterocycles. The van der Waals surface area contributed by atoms with Gasteiger partial charge in [-0.2, -0.15) is 11.3 Å². The Kier molecular flexibility index (Phi) is 4.24. The highest BCUT2D eigenvalue weighted by Gasteiger charge is 2.46. The second-order valence-electron chi connectivity index (χ2n) is 8.03. The number of benzene rings is 1. The van der Waals surface area contributed by atoms with Crippen LogP contribution in [0.5, 0.6) is 11.5 Å². The largest absolute Gasteiger partial charge is 0.485 e. The van der Waals surface area contributed by atoms with Crippen molar-refractivity contribution in [3.05, 3.63) is 45.6 Å². The van der Waals surface area contributed by atoms with E-state index in [4.69, 9.17) is 9.47 Å². The minimum atomic E-state index is -0.605. The molecule has 1 aromatic carbocycles. The zero-order chi connectivity index (χ0) is 20.2. The number of nitrogens with zero attached hydrogens (tertiary/aromatic N) is 1. The van der Waals surface area contributed by atoms with Gasteiger partial charge in [0.05, 0.1) is 18.4 Å². The summed E-state index contributed by atoms with van der Waals surface area (Å²) >= 11 is 1.57. The van der Waals surface area contributed by atoms with E-state index < -0.39 is 5.60 Å². The van der Waals surface area contributed by atoms with Crippen LogP contribution in [-0.2, 0) is 9.59 Å². The topological polar surface area (TPSA) is 72.9 Å². The maximum absolute atomic E-state index is 13.1. The summed E-state index contributed by atoms with van der Waals surface area (Å²) in [6.45, 7) is 2.72. The first-order valence-electron chi connectivity index (χ1n) is 9.83. The molecule has 4 heterocycles. The number of amides is 1. The highest BCUT2D eigenvalue weighted by atomic mass is 32.1. The molecule has 6 nitrogen and oxygen atoms in total. The molecule has 1 amide bonds. The molecule has 7 heteroatoms. The number of Topliss-reactive ketones (excluding diaryl/α,β-unsaturated/α-hetero) is 1. The fraction of sp³-hybridized carbons (Fsp3) is 0.409. The normalized spacial score (nSPS) is 22.5. The third-order valence-corrected chi connectivity index (χ3v) is 6.97. The van der Waals surface area contributed by atoms with Crippen molar-refractivity contribution in [3.63, 3.8) is 0 Å². The molecule has 5 rings (SSSR count). The zero-order valence-electron chi connectivity index (χ0n) is 16.1. The fourth-order valence-corrected chi connectivity index (χ4v) is 5.38. The van der Waals surface area contributed by atoms with E-state index in [1.54, 1.807) is 35.3 Å². The third-order valence-electron chi connectivity index (χ3n) is 6.27. The van der Waals surface area contributed by atoms with Crippen molar-refractivity contribution in [1.82, 2.24) is 4.90 Å². The van der Waals surface area contributed by atoms with Crippen LogP contribution in [0.15, 0.2) is 29.0 Å². The average Bonchev–Trinajstić information content (AvgIpc) is 3.22. The lowest BCUT2D eigenvalue weighted by molar-refractivity contribution is -0.135. The van der Waals surface area contributed by atoms with Gasteiger partial charge >= 0.3 is 5.97 Å². The van der Waals surface area contributed by atoms with Crippen molar-refractivity contribution in [2.45, 2.75) is 44.1 Å². The molecule has 0 aliphatic carbocycles. The smallest absolute Gasteiger partial charge is 0.312 e. The third kappa shape index (κ3) is 3.04. The summed E-state index contributed by atoms with van der Waals surface area (Å²) in [5.41, 5.74) is 1.78. The molecular weight excluding hydrogens is 390 g/mol. The lowest BCUT2D eigenvalue weighted by Crippen LogP contribution is -2.52. The van der Waals surface area contributed by atoms with Crippen molar-refractivity contribution in [2.24, 2.45) is 0 Å². The number of ether oxygens (including phenoxy) is 2. The first-order valence-corrected chi connectivity index (χ1v) is 10.8. The molecule has 1 atom stereocenters. The molecule has 3 aliphatic rings. The predicted octanol–water partition coefficient (Wildman–Crippen LogP) is 3.54. The lowest BCUT2D eigenvalue weighted by atomic mass is 9.79. The number of fused-ring (bicyclic) bond motifs is 3. The van der Waals surface area contributed by atoms with Gasteiger partial charge in [0.1, 0.15) is 17.1 Å². The van der Waals surface area contributed by atoms with Crippen LogP contribution in [0.1, 0.15) is 60.0 Å². The zero-order valence-corrected chi connectivity index (χ0v) is 16.9. The monoisotopic (exact) mass is 411 g/mol. The molecule has 3 aliphatic heterocycles. The lowest BCUT2D eigenvalue weighted by Gasteiger charge is -2.45. The van der Waals surface area contributed by atoms with Crippen LogP contribution in [0, 0.1) is 0 Å². The van der Waals surface area contributed by atoms with Crippen molar-refractivity contribution in [2.75, 3.05) is 13.1 Å². The summed E-state index contributed by atoms with van der Waals surface area (Å²) in [5, 5.41) is 4.01. The first kappa shape index (κ1) is 18.4. The Morgan fingerprint density at radius 1 is 1.21 bits per heavy atom. The van der Waals surface area contributed by atoms with Gasteiger partial charge in [0.15, 0.2) is 5.78 Å². The number of likely N-dealkylation sites (tertiary alicyclic amines) is 1. The number of carbonyl (C=O) groups excluding carboxylic acids is 3. The Morgan fingerprint density at radius 2 is 2.00 bits per heavy atom. The molecule has 0 radical (unpaired) electrons. The van der Waals surface area contributed by atoms with Gasteiger partial charge in [-0.05, 0) is 34.5 Å². The molecule has 0 N–H and O–H groups in total. The number of hydrogen-bond donors (Lipinski definition) is 0. The maximum Gasteiger partial charge on any atom is 0.312 e. The molecule has 0 saturated carbocycles. The Morgan fingerprint density at radius 3 is 2.69 bits per heavy atom. The number of piperidine rings is 1.